The first-order chi connectivity index (χ1) is 13.9. The molecule has 12 heteroatoms. The third-order valence-corrected chi connectivity index (χ3v) is 6.38. The summed E-state index contributed by atoms with van der Waals surface area (Å²) < 4.78 is 47.8. The first-order valence-corrected chi connectivity index (χ1v) is 9.75. The molecule has 0 aromatic heterocycles. The Morgan fingerprint density at radius 3 is 2.40 bits per heavy atom. The number of hydrogen-bond acceptors (Lipinski definition) is 5. The molecule has 0 amide bonds. The number of hydrogen-bond donors (Lipinski definition) is 2. The number of nitrogens with two attached hydrogens (primary N) is 1. The highest BCUT2D eigenvalue weighted by Crippen LogP contribution is 2.50. The van der Waals surface area contributed by atoms with Crippen LogP contribution >= 0.6 is 34.8 Å². The monoisotopic (exact) mass is 478 g/mol. The summed E-state index contributed by atoms with van der Waals surface area (Å²) in [7, 11) is -1.22. The fourth-order valence-corrected chi connectivity index (χ4v) is 4.18. The summed E-state index contributed by atoms with van der Waals surface area (Å²) in [6.07, 6.45) is -5.47. The van der Waals surface area contributed by atoms with Gasteiger partial charge >= 0.3 is 13.3 Å². The van der Waals surface area contributed by atoms with Gasteiger partial charge in [-0.05, 0) is 41.7 Å². The third kappa shape index (κ3) is 3.28. The standard InChI is InChI=1S/C18H13BCl3F3N2O3/c1-16(26)10-4-8(2-3-11(10)19(28)29-16)14-7-17(30-27-14,18(23,24)25)9-5-12(20)15(22)13(21)6-9/h2-6,28H,7,26H2,1H3/t16?,17-/m0/s1. The first-order valence-electron chi connectivity index (χ1n) is 8.62. The van der Waals surface area contributed by atoms with Crippen LogP contribution in [0.4, 0.5) is 13.2 Å². The van der Waals surface area contributed by atoms with Crippen molar-refractivity contribution in [1.82, 2.24) is 0 Å². The molecule has 2 aliphatic rings. The van der Waals surface area contributed by atoms with E-state index in [9.17, 15) is 18.2 Å². The SMILES string of the molecule is CC1(N)OB(O)c2ccc(C3=NO[C@@](c4cc(Cl)c(Cl)c(Cl)c4)(C(F)(F)F)C3)cc21. The predicted octanol–water partition coefficient (Wildman–Crippen LogP) is 4.08. The Balaban J connectivity index is 1.76. The lowest BCUT2D eigenvalue weighted by molar-refractivity contribution is -0.275. The van der Waals surface area contributed by atoms with Crippen molar-refractivity contribution in [3.05, 3.63) is 62.1 Å². The van der Waals surface area contributed by atoms with E-state index in [1.807, 2.05) is 0 Å². The van der Waals surface area contributed by atoms with E-state index >= 15 is 0 Å². The molecule has 2 atom stereocenters. The van der Waals surface area contributed by atoms with Gasteiger partial charge in [0, 0.05) is 12.0 Å². The molecular weight excluding hydrogens is 466 g/mol. The molecule has 2 aromatic rings. The molecule has 1 unspecified atom stereocenters. The molecule has 2 aliphatic heterocycles. The molecule has 2 heterocycles. The van der Waals surface area contributed by atoms with E-state index in [0.29, 0.717) is 16.6 Å². The van der Waals surface area contributed by atoms with Crippen molar-refractivity contribution in [2.24, 2.45) is 10.9 Å². The smallest absolute Gasteiger partial charge is 0.423 e. The molecule has 158 valence electrons. The molecule has 0 fully saturated rings. The zero-order chi connectivity index (χ0) is 22.1. The van der Waals surface area contributed by atoms with Crippen molar-refractivity contribution in [3.63, 3.8) is 0 Å². The lowest BCUT2D eigenvalue weighted by Gasteiger charge is -2.30. The van der Waals surface area contributed by atoms with Crippen LogP contribution in [0.5, 0.6) is 0 Å². The second kappa shape index (κ2) is 7.01. The van der Waals surface area contributed by atoms with Crippen molar-refractivity contribution in [2.45, 2.75) is 30.8 Å². The van der Waals surface area contributed by atoms with E-state index in [4.69, 9.17) is 50.0 Å². The highest BCUT2D eigenvalue weighted by molar-refractivity contribution is 6.62. The lowest BCUT2D eigenvalue weighted by atomic mass is 9.77. The van der Waals surface area contributed by atoms with Crippen molar-refractivity contribution < 1.29 is 27.7 Å². The van der Waals surface area contributed by atoms with Gasteiger partial charge in [-0.15, -0.1) is 0 Å². The van der Waals surface area contributed by atoms with Gasteiger partial charge in [0.25, 0.3) is 5.60 Å². The Morgan fingerprint density at radius 2 is 1.80 bits per heavy atom. The zero-order valence-corrected chi connectivity index (χ0v) is 17.5. The number of fused-ring (bicyclic) bond motifs is 1. The summed E-state index contributed by atoms with van der Waals surface area (Å²) >= 11 is 17.8. The zero-order valence-electron chi connectivity index (χ0n) is 15.2. The van der Waals surface area contributed by atoms with Crippen LogP contribution in [-0.4, -0.2) is 24.0 Å². The normalized spacial score (nSPS) is 25.9. The van der Waals surface area contributed by atoms with Crippen LogP contribution in [0.1, 0.15) is 30.0 Å². The molecule has 3 N–H and O–H groups in total. The molecule has 0 bridgehead atoms. The number of oxime groups is 1. The molecule has 30 heavy (non-hydrogen) atoms. The Bertz CT molecular complexity index is 1060. The second-order valence-corrected chi connectivity index (χ2v) is 8.46. The van der Waals surface area contributed by atoms with Crippen LogP contribution in [0, 0.1) is 0 Å². The van der Waals surface area contributed by atoms with Gasteiger partial charge in [0.15, 0.2) is 0 Å². The summed E-state index contributed by atoms with van der Waals surface area (Å²) in [6.45, 7) is 1.54. The van der Waals surface area contributed by atoms with Crippen molar-refractivity contribution in [2.75, 3.05) is 0 Å². The number of halogens is 6. The van der Waals surface area contributed by atoms with Crippen LogP contribution in [0.15, 0.2) is 35.5 Å². The van der Waals surface area contributed by atoms with E-state index in [1.54, 1.807) is 0 Å². The highest BCUT2D eigenvalue weighted by atomic mass is 35.5. The van der Waals surface area contributed by atoms with Gasteiger partial charge in [0.2, 0.25) is 0 Å². The van der Waals surface area contributed by atoms with E-state index in [2.05, 4.69) is 5.16 Å². The van der Waals surface area contributed by atoms with Gasteiger partial charge < -0.3 is 20.2 Å². The fourth-order valence-electron chi connectivity index (χ4n) is 3.59. The van der Waals surface area contributed by atoms with Crippen molar-refractivity contribution in [1.29, 1.82) is 0 Å². The number of alkyl halides is 3. The third-order valence-electron chi connectivity index (χ3n) is 5.18. The Hall–Kier alpha value is -1.49. The van der Waals surface area contributed by atoms with Gasteiger partial charge in [0.1, 0.15) is 5.72 Å². The minimum atomic E-state index is -4.84. The van der Waals surface area contributed by atoms with Crippen molar-refractivity contribution in [3.8, 4) is 0 Å². The summed E-state index contributed by atoms with van der Waals surface area (Å²) in [4.78, 5) is 4.99. The maximum atomic E-state index is 14.2. The molecule has 0 radical (unpaired) electrons. The molecule has 2 aromatic carbocycles. The summed E-state index contributed by atoms with van der Waals surface area (Å²) in [5, 5.41) is 13.3. The van der Waals surface area contributed by atoms with Crippen LogP contribution in [0.2, 0.25) is 15.1 Å². The first kappa shape index (κ1) is 21.7. The molecule has 0 saturated heterocycles. The largest absolute Gasteiger partial charge is 0.493 e. The Morgan fingerprint density at radius 1 is 1.17 bits per heavy atom. The number of rotatable bonds is 2. The maximum Gasteiger partial charge on any atom is 0.493 e. The van der Waals surface area contributed by atoms with Crippen LogP contribution in [0.25, 0.3) is 0 Å². The van der Waals surface area contributed by atoms with Crippen molar-refractivity contribution >= 4 is 53.1 Å². The number of nitrogens with zero attached hydrogens (tertiary/aromatic N) is 1. The Labute approximate surface area is 184 Å². The van der Waals surface area contributed by atoms with E-state index in [-0.39, 0.29) is 26.3 Å². The Kier molecular flexibility index (Phi) is 5.08. The molecule has 0 spiro atoms. The van der Waals surface area contributed by atoms with Gasteiger partial charge in [-0.2, -0.15) is 13.2 Å². The lowest BCUT2D eigenvalue weighted by Crippen LogP contribution is -2.42. The summed E-state index contributed by atoms with van der Waals surface area (Å²) in [5.74, 6) is 0. The molecular formula is C18H13BCl3F3N2O3. The van der Waals surface area contributed by atoms with Crippen LogP contribution in [0.3, 0.4) is 0 Å². The average Bonchev–Trinajstić information content (AvgIpc) is 3.20. The van der Waals surface area contributed by atoms with E-state index in [0.717, 1.165) is 12.1 Å². The average molecular weight is 479 g/mol. The minimum Gasteiger partial charge on any atom is -0.423 e. The van der Waals surface area contributed by atoms with Gasteiger partial charge in [-0.25, -0.2) is 0 Å². The van der Waals surface area contributed by atoms with Gasteiger partial charge in [0.05, 0.1) is 20.8 Å². The van der Waals surface area contributed by atoms with Gasteiger partial charge in [-0.3, -0.25) is 0 Å². The van der Waals surface area contributed by atoms with E-state index < -0.39 is 31.0 Å². The second-order valence-electron chi connectivity index (χ2n) is 7.26. The predicted molar refractivity (Wildman–Crippen MR) is 108 cm³/mol. The molecule has 0 saturated carbocycles. The number of benzene rings is 2. The summed E-state index contributed by atoms with van der Waals surface area (Å²) in [6, 6.07) is 6.70. The fraction of sp³-hybridized carbons (Fsp3) is 0.278. The molecule has 0 aliphatic carbocycles. The van der Waals surface area contributed by atoms with Gasteiger partial charge in [-0.1, -0.05) is 52.1 Å². The summed E-state index contributed by atoms with van der Waals surface area (Å²) in [5.41, 5.74) is 2.88. The quantitative estimate of drug-likeness (QED) is 0.503. The molecule has 4 rings (SSSR count). The van der Waals surface area contributed by atoms with E-state index in [1.165, 1.54) is 25.1 Å². The maximum absolute atomic E-state index is 14.2. The minimum absolute atomic E-state index is 0.0366. The van der Waals surface area contributed by atoms with Crippen LogP contribution in [-0.2, 0) is 20.8 Å². The topological polar surface area (TPSA) is 77.1 Å². The molecule has 5 nitrogen and oxygen atoms in total. The highest BCUT2D eigenvalue weighted by Gasteiger charge is 2.62. The van der Waals surface area contributed by atoms with Crippen LogP contribution < -0.4 is 11.2 Å².